The summed E-state index contributed by atoms with van der Waals surface area (Å²) < 4.78 is 10.9. The van der Waals surface area contributed by atoms with Gasteiger partial charge >= 0.3 is 0 Å². The minimum atomic E-state index is 0.217. The summed E-state index contributed by atoms with van der Waals surface area (Å²) in [4.78, 5) is 6.64. The van der Waals surface area contributed by atoms with Crippen LogP contribution < -0.4 is 11.3 Å². The van der Waals surface area contributed by atoms with Crippen molar-refractivity contribution in [2.24, 2.45) is 10.8 Å². The van der Waals surface area contributed by atoms with E-state index in [9.17, 15) is 0 Å². The van der Waals surface area contributed by atoms with Gasteiger partial charge in [0.15, 0.2) is 0 Å². The molecule has 1 saturated heterocycles. The number of nitrogens with one attached hydrogen (secondary N) is 1. The van der Waals surface area contributed by atoms with Crippen LogP contribution in [0.15, 0.2) is 4.99 Å². The molecular weight excluding hydrogens is 232 g/mol. The van der Waals surface area contributed by atoms with Gasteiger partial charge in [-0.25, -0.2) is 5.84 Å². The molecule has 6 heteroatoms. The number of nitrogens with two attached hydrogens (primary N) is 1. The van der Waals surface area contributed by atoms with Gasteiger partial charge < -0.3 is 14.4 Å². The summed E-state index contributed by atoms with van der Waals surface area (Å²) >= 11 is 0. The number of ether oxygens (including phenoxy) is 2. The Balaban J connectivity index is 2.39. The molecule has 1 aliphatic heterocycles. The number of nitrogens with zero attached hydrogens (tertiary/aromatic N) is 2. The Bertz CT molecular complexity index is 248. The fourth-order valence-electron chi connectivity index (χ4n) is 1.92. The Kier molecular flexibility index (Phi) is 7.71. The van der Waals surface area contributed by atoms with E-state index in [0.29, 0.717) is 0 Å². The zero-order chi connectivity index (χ0) is 13.2. The van der Waals surface area contributed by atoms with E-state index in [1.807, 2.05) is 6.92 Å². The third-order valence-corrected chi connectivity index (χ3v) is 2.79. The third kappa shape index (κ3) is 5.66. The van der Waals surface area contributed by atoms with Crippen LogP contribution in [0.25, 0.3) is 0 Å². The molecule has 0 radical (unpaired) electrons. The van der Waals surface area contributed by atoms with Crippen molar-refractivity contribution in [3.05, 3.63) is 0 Å². The molecular formula is C12H26N4O2. The van der Waals surface area contributed by atoms with Gasteiger partial charge in [-0.1, -0.05) is 0 Å². The maximum atomic E-state index is 5.60. The predicted octanol–water partition coefficient (Wildman–Crippen LogP) is 0.343. The number of hydrogen-bond donors (Lipinski definition) is 2. The average molecular weight is 258 g/mol. The van der Waals surface area contributed by atoms with Gasteiger partial charge in [0.25, 0.3) is 0 Å². The Hall–Kier alpha value is -0.850. The molecule has 6 nitrogen and oxygen atoms in total. The Morgan fingerprint density at radius 2 is 2.44 bits per heavy atom. The van der Waals surface area contributed by atoms with Crippen molar-refractivity contribution in [2.75, 3.05) is 39.5 Å². The molecule has 0 spiro atoms. The monoisotopic (exact) mass is 258 g/mol. The van der Waals surface area contributed by atoms with E-state index in [2.05, 4.69) is 22.2 Å². The lowest BCUT2D eigenvalue weighted by molar-refractivity contribution is 0.0740. The summed E-state index contributed by atoms with van der Waals surface area (Å²) in [6, 6.07) is 0. The highest BCUT2D eigenvalue weighted by molar-refractivity contribution is 5.79. The molecule has 0 aliphatic carbocycles. The number of hydrogen-bond acceptors (Lipinski definition) is 4. The van der Waals surface area contributed by atoms with Crippen LogP contribution in [-0.2, 0) is 9.47 Å². The van der Waals surface area contributed by atoms with Gasteiger partial charge in [0, 0.05) is 39.5 Å². The van der Waals surface area contributed by atoms with Crippen molar-refractivity contribution in [3.63, 3.8) is 0 Å². The van der Waals surface area contributed by atoms with Gasteiger partial charge in [-0.15, -0.1) is 0 Å². The summed E-state index contributed by atoms with van der Waals surface area (Å²) in [7, 11) is 0. The van der Waals surface area contributed by atoms with Crippen LogP contribution in [-0.4, -0.2) is 56.4 Å². The Morgan fingerprint density at radius 3 is 3.17 bits per heavy atom. The van der Waals surface area contributed by atoms with Crippen LogP contribution in [0.4, 0.5) is 0 Å². The lowest BCUT2D eigenvalue weighted by atomic mass is 10.3. The van der Waals surface area contributed by atoms with Crippen LogP contribution in [0.1, 0.15) is 26.7 Å². The minimum absolute atomic E-state index is 0.217. The van der Waals surface area contributed by atoms with Gasteiger partial charge in [0.2, 0.25) is 5.96 Å². The van der Waals surface area contributed by atoms with Crippen molar-refractivity contribution in [1.29, 1.82) is 0 Å². The normalized spacial score (nSPS) is 21.8. The molecule has 0 aromatic heterocycles. The van der Waals surface area contributed by atoms with E-state index in [1.54, 1.807) is 0 Å². The van der Waals surface area contributed by atoms with Crippen LogP contribution in [0, 0.1) is 0 Å². The summed E-state index contributed by atoms with van der Waals surface area (Å²) in [5.74, 6) is 6.30. The van der Waals surface area contributed by atoms with Crippen LogP contribution in [0.5, 0.6) is 0 Å². The smallest absolute Gasteiger partial charge is 0.208 e. The maximum Gasteiger partial charge on any atom is 0.208 e. The van der Waals surface area contributed by atoms with Crippen molar-refractivity contribution in [3.8, 4) is 0 Å². The molecule has 1 atom stereocenters. The first-order valence-corrected chi connectivity index (χ1v) is 6.73. The molecule has 1 heterocycles. The lowest BCUT2D eigenvalue weighted by Gasteiger charge is -2.25. The molecule has 3 N–H and O–H groups in total. The molecule has 1 aliphatic rings. The van der Waals surface area contributed by atoms with Gasteiger partial charge in [0.05, 0.1) is 6.10 Å². The first-order chi connectivity index (χ1) is 8.77. The fourth-order valence-corrected chi connectivity index (χ4v) is 1.92. The quantitative estimate of drug-likeness (QED) is 0.245. The molecule has 1 fully saturated rings. The summed E-state index contributed by atoms with van der Waals surface area (Å²) in [6.45, 7) is 8.86. The van der Waals surface area contributed by atoms with E-state index in [4.69, 9.17) is 15.3 Å². The second-order valence-electron chi connectivity index (χ2n) is 4.38. The standard InChI is InChI=1S/C12H26N4O2/c1-3-17-8-4-6-14-12(15-13)16-7-5-9-18-11(2)10-16/h11H,3-10,13H2,1-2H3,(H,14,15). The molecule has 0 bridgehead atoms. The second kappa shape index (κ2) is 9.13. The van der Waals surface area contributed by atoms with Crippen molar-refractivity contribution in [1.82, 2.24) is 10.3 Å². The topological polar surface area (TPSA) is 72.1 Å². The van der Waals surface area contributed by atoms with Crippen molar-refractivity contribution in [2.45, 2.75) is 32.8 Å². The highest BCUT2D eigenvalue weighted by Gasteiger charge is 2.17. The van der Waals surface area contributed by atoms with E-state index >= 15 is 0 Å². The molecule has 0 aromatic rings. The van der Waals surface area contributed by atoms with Crippen molar-refractivity contribution < 1.29 is 9.47 Å². The van der Waals surface area contributed by atoms with Crippen LogP contribution >= 0.6 is 0 Å². The average Bonchev–Trinajstić information content (AvgIpc) is 2.58. The van der Waals surface area contributed by atoms with Gasteiger partial charge in [-0.3, -0.25) is 10.4 Å². The molecule has 1 rings (SSSR count). The molecule has 1 unspecified atom stereocenters. The zero-order valence-electron chi connectivity index (χ0n) is 11.5. The summed E-state index contributed by atoms with van der Waals surface area (Å²) in [5.41, 5.74) is 2.69. The van der Waals surface area contributed by atoms with E-state index < -0.39 is 0 Å². The molecule has 0 aromatic carbocycles. The first kappa shape index (κ1) is 15.2. The zero-order valence-corrected chi connectivity index (χ0v) is 11.5. The largest absolute Gasteiger partial charge is 0.382 e. The highest BCUT2D eigenvalue weighted by atomic mass is 16.5. The van der Waals surface area contributed by atoms with E-state index in [-0.39, 0.29) is 6.10 Å². The molecule has 18 heavy (non-hydrogen) atoms. The Labute approximate surface area is 109 Å². The van der Waals surface area contributed by atoms with Crippen LogP contribution in [0.3, 0.4) is 0 Å². The highest BCUT2D eigenvalue weighted by Crippen LogP contribution is 2.05. The molecule has 106 valence electrons. The van der Waals surface area contributed by atoms with Crippen LogP contribution in [0.2, 0.25) is 0 Å². The number of hydrazine groups is 1. The lowest BCUT2D eigenvalue weighted by Crippen LogP contribution is -2.47. The van der Waals surface area contributed by atoms with Gasteiger partial charge in [0.1, 0.15) is 0 Å². The second-order valence-corrected chi connectivity index (χ2v) is 4.38. The number of guanidine groups is 1. The third-order valence-electron chi connectivity index (χ3n) is 2.79. The van der Waals surface area contributed by atoms with Gasteiger partial charge in [-0.2, -0.15) is 0 Å². The Morgan fingerprint density at radius 1 is 1.61 bits per heavy atom. The minimum Gasteiger partial charge on any atom is -0.382 e. The fraction of sp³-hybridized carbons (Fsp3) is 0.917. The predicted molar refractivity (Wildman–Crippen MR) is 72.3 cm³/mol. The number of aliphatic imine (C=N–C) groups is 1. The van der Waals surface area contributed by atoms with E-state index in [0.717, 1.165) is 58.3 Å². The molecule has 0 amide bonds. The van der Waals surface area contributed by atoms with E-state index in [1.165, 1.54) is 0 Å². The SMILES string of the molecule is CCOCCCN=C(NN)N1CCCOC(C)C1. The summed E-state index contributed by atoms with van der Waals surface area (Å²) in [6.07, 6.45) is 2.14. The maximum absolute atomic E-state index is 5.60. The van der Waals surface area contributed by atoms with Gasteiger partial charge in [-0.05, 0) is 26.7 Å². The number of rotatable bonds is 5. The van der Waals surface area contributed by atoms with Crippen molar-refractivity contribution >= 4 is 5.96 Å². The first-order valence-electron chi connectivity index (χ1n) is 6.73. The summed E-state index contributed by atoms with van der Waals surface area (Å²) in [5, 5.41) is 0. The molecule has 0 saturated carbocycles.